The Hall–Kier alpha value is -2.48. The fraction of sp³-hybridized carbons (Fsp3) is 0.333. The molecule has 0 aliphatic carbocycles. The van der Waals surface area contributed by atoms with Gasteiger partial charge in [-0.15, -0.1) is 0 Å². The van der Waals surface area contributed by atoms with E-state index in [4.69, 9.17) is 0 Å². The summed E-state index contributed by atoms with van der Waals surface area (Å²) in [5.74, 6) is -0.887. The second-order valence-electron chi connectivity index (χ2n) is 6.83. The largest absolute Gasteiger partial charge is 0.416 e. The van der Waals surface area contributed by atoms with Gasteiger partial charge < -0.3 is 4.90 Å². The number of benzene rings is 2. The molecular weight excluding hydrogens is 401 g/mol. The molecule has 0 atom stereocenters. The molecule has 0 aromatic heterocycles. The van der Waals surface area contributed by atoms with Crippen molar-refractivity contribution in [2.45, 2.75) is 24.9 Å². The van der Waals surface area contributed by atoms with E-state index in [-0.39, 0.29) is 28.9 Å². The number of piperidine rings is 1. The first kappa shape index (κ1) is 21.2. The van der Waals surface area contributed by atoms with Crippen LogP contribution in [0.1, 0.15) is 50.6 Å². The van der Waals surface area contributed by atoms with Gasteiger partial charge in [-0.25, -0.2) is 0 Å². The van der Waals surface area contributed by atoms with E-state index < -0.39 is 11.7 Å². The summed E-state index contributed by atoms with van der Waals surface area (Å²) in [5, 5.41) is 0. The summed E-state index contributed by atoms with van der Waals surface area (Å²) in [6.45, 7) is 0.683. The highest BCUT2D eigenvalue weighted by molar-refractivity contribution is 7.97. The highest BCUT2D eigenvalue weighted by Crippen LogP contribution is 2.38. The molecular formula is C21H21F3N2O2S. The number of halogens is 3. The minimum Gasteiger partial charge on any atom is -0.339 e. The molecule has 8 heteroatoms. The van der Waals surface area contributed by atoms with Crippen LogP contribution in [0.5, 0.6) is 0 Å². The van der Waals surface area contributed by atoms with Crippen LogP contribution in [0.25, 0.3) is 0 Å². The Kier molecular flexibility index (Phi) is 6.52. The number of nitrogens with one attached hydrogen (secondary N) is 1. The maximum absolute atomic E-state index is 13.3. The van der Waals surface area contributed by atoms with Gasteiger partial charge in [-0.05, 0) is 42.5 Å². The summed E-state index contributed by atoms with van der Waals surface area (Å²) < 4.78 is 42.5. The SMILES string of the molecule is CSNC(=O)c1ccccc1C(=O)N1CCC(c2ccccc2C(F)(F)F)CC1. The zero-order chi connectivity index (χ0) is 21.0. The van der Waals surface area contributed by atoms with Crippen molar-refractivity contribution in [2.75, 3.05) is 19.3 Å². The van der Waals surface area contributed by atoms with Crippen LogP contribution in [-0.2, 0) is 6.18 Å². The number of rotatable bonds is 4. The summed E-state index contributed by atoms with van der Waals surface area (Å²) in [6.07, 6.45) is -1.80. The summed E-state index contributed by atoms with van der Waals surface area (Å²) >= 11 is 1.15. The Balaban J connectivity index is 1.74. The fourth-order valence-corrected chi connectivity index (χ4v) is 3.99. The van der Waals surface area contributed by atoms with Crippen LogP contribution in [-0.4, -0.2) is 36.1 Å². The van der Waals surface area contributed by atoms with Crippen molar-refractivity contribution in [3.8, 4) is 0 Å². The first-order valence-electron chi connectivity index (χ1n) is 9.20. The van der Waals surface area contributed by atoms with Crippen molar-refractivity contribution in [3.63, 3.8) is 0 Å². The molecule has 154 valence electrons. The van der Waals surface area contributed by atoms with E-state index in [1.807, 2.05) is 0 Å². The summed E-state index contributed by atoms with van der Waals surface area (Å²) in [6, 6.07) is 12.2. The molecule has 1 saturated heterocycles. The number of carbonyl (C=O) groups excluding carboxylic acids is 2. The molecule has 0 spiro atoms. The third kappa shape index (κ3) is 4.75. The minimum atomic E-state index is -4.40. The number of hydrogen-bond acceptors (Lipinski definition) is 3. The highest BCUT2D eigenvalue weighted by Gasteiger charge is 2.36. The van der Waals surface area contributed by atoms with E-state index in [1.165, 1.54) is 12.1 Å². The Morgan fingerprint density at radius 2 is 1.59 bits per heavy atom. The number of hydrogen-bond donors (Lipinski definition) is 1. The van der Waals surface area contributed by atoms with E-state index in [9.17, 15) is 22.8 Å². The zero-order valence-electron chi connectivity index (χ0n) is 15.8. The van der Waals surface area contributed by atoms with Gasteiger partial charge >= 0.3 is 6.18 Å². The molecule has 1 N–H and O–H groups in total. The lowest BCUT2D eigenvalue weighted by Gasteiger charge is -2.33. The maximum atomic E-state index is 13.3. The number of carbonyl (C=O) groups is 2. The van der Waals surface area contributed by atoms with E-state index in [0.717, 1.165) is 18.0 Å². The standard InChI is InChI=1S/C21H21F3N2O2S/c1-29-25-19(27)16-7-2-3-8-17(16)20(28)26-12-10-14(11-13-26)15-6-4-5-9-18(15)21(22,23)24/h2-9,14H,10-13H2,1H3,(H,25,27). The van der Waals surface area contributed by atoms with E-state index in [2.05, 4.69) is 4.72 Å². The van der Waals surface area contributed by atoms with Gasteiger partial charge in [-0.1, -0.05) is 42.3 Å². The topological polar surface area (TPSA) is 49.4 Å². The molecule has 1 heterocycles. The number of nitrogens with zero attached hydrogens (tertiary/aromatic N) is 1. The van der Waals surface area contributed by atoms with Crippen LogP contribution in [0.3, 0.4) is 0 Å². The number of alkyl halides is 3. The van der Waals surface area contributed by atoms with Crippen LogP contribution in [0, 0.1) is 0 Å². The van der Waals surface area contributed by atoms with Gasteiger partial charge in [0.15, 0.2) is 0 Å². The molecule has 0 saturated carbocycles. The molecule has 1 aliphatic heterocycles. The van der Waals surface area contributed by atoms with Crippen molar-refractivity contribution in [1.29, 1.82) is 0 Å². The van der Waals surface area contributed by atoms with Crippen molar-refractivity contribution in [1.82, 2.24) is 9.62 Å². The lowest BCUT2D eigenvalue weighted by atomic mass is 9.86. The fourth-order valence-electron chi connectivity index (χ4n) is 3.69. The lowest BCUT2D eigenvalue weighted by Crippen LogP contribution is -2.39. The van der Waals surface area contributed by atoms with Gasteiger partial charge in [0.05, 0.1) is 16.7 Å². The summed E-state index contributed by atoms with van der Waals surface area (Å²) in [5.41, 5.74) is 0.264. The zero-order valence-corrected chi connectivity index (χ0v) is 16.6. The Morgan fingerprint density at radius 3 is 2.21 bits per heavy atom. The molecule has 1 aliphatic rings. The summed E-state index contributed by atoms with van der Waals surface area (Å²) in [7, 11) is 0. The quantitative estimate of drug-likeness (QED) is 0.725. The van der Waals surface area contributed by atoms with Crippen molar-refractivity contribution < 1.29 is 22.8 Å². The van der Waals surface area contributed by atoms with Crippen LogP contribution < -0.4 is 4.72 Å². The minimum absolute atomic E-state index is 0.257. The molecule has 4 nitrogen and oxygen atoms in total. The molecule has 0 unspecified atom stereocenters. The molecule has 29 heavy (non-hydrogen) atoms. The van der Waals surface area contributed by atoms with Crippen LogP contribution in [0.4, 0.5) is 13.2 Å². The van der Waals surface area contributed by atoms with Gasteiger partial charge in [-0.3, -0.25) is 14.3 Å². The first-order valence-corrected chi connectivity index (χ1v) is 10.4. The van der Waals surface area contributed by atoms with E-state index >= 15 is 0 Å². The molecule has 1 fully saturated rings. The average molecular weight is 422 g/mol. The predicted octanol–water partition coefficient (Wildman–Crippen LogP) is 4.73. The van der Waals surface area contributed by atoms with Crippen LogP contribution in [0.2, 0.25) is 0 Å². The Morgan fingerprint density at radius 1 is 1.00 bits per heavy atom. The van der Waals surface area contributed by atoms with Gasteiger partial charge in [0.25, 0.3) is 11.8 Å². The Labute approximate surface area is 171 Å². The third-order valence-corrected chi connectivity index (χ3v) is 5.47. The van der Waals surface area contributed by atoms with Crippen LogP contribution in [0.15, 0.2) is 48.5 Å². The molecule has 3 rings (SSSR count). The maximum Gasteiger partial charge on any atom is 0.416 e. The van der Waals surface area contributed by atoms with Gasteiger partial charge in [0.2, 0.25) is 0 Å². The average Bonchev–Trinajstić information content (AvgIpc) is 2.73. The van der Waals surface area contributed by atoms with Crippen molar-refractivity contribution in [3.05, 3.63) is 70.8 Å². The molecule has 2 aromatic rings. The van der Waals surface area contributed by atoms with Crippen LogP contribution >= 0.6 is 11.9 Å². The van der Waals surface area contributed by atoms with E-state index in [0.29, 0.717) is 31.5 Å². The molecule has 0 radical (unpaired) electrons. The highest BCUT2D eigenvalue weighted by atomic mass is 32.2. The monoisotopic (exact) mass is 422 g/mol. The van der Waals surface area contributed by atoms with Gasteiger partial charge in [0, 0.05) is 19.3 Å². The number of likely N-dealkylation sites (tertiary alicyclic amines) is 1. The van der Waals surface area contributed by atoms with Gasteiger partial charge in [-0.2, -0.15) is 13.2 Å². The normalized spacial score (nSPS) is 15.2. The first-order chi connectivity index (χ1) is 13.8. The molecule has 2 amide bonds. The summed E-state index contributed by atoms with van der Waals surface area (Å²) in [4.78, 5) is 26.8. The predicted molar refractivity (Wildman–Crippen MR) is 107 cm³/mol. The smallest absolute Gasteiger partial charge is 0.339 e. The lowest BCUT2D eigenvalue weighted by molar-refractivity contribution is -0.138. The second-order valence-corrected chi connectivity index (χ2v) is 7.44. The molecule has 2 aromatic carbocycles. The van der Waals surface area contributed by atoms with Crippen molar-refractivity contribution >= 4 is 23.8 Å². The second kappa shape index (κ2) is 8.90. The third-order valence-electron chi connectivity index (χ3n) is 5.09. The Bertz CT molecular complexity index is 893. The van der Waals surface area contributed by atoms with Crippen molar-refractivity contribution in [2.24, 2.45) is 0 Å². The van der Waals surface area contributed by atoms with E-state index in [1.54, 1.807) is 41.5 Å². The van der Waals surface area contributed by atoms with Gasteiger partial charge in [0.1, 0.15) is 0 Å². The molecule has 0 bridgehead atoms. The number of amides is 2.